The molecule has 0 aromatic heterocycles. The minimum atomic E-state index is -2.14. The van der Waals surface area contributed by atoms with E-state index in [0.717, 1.165) is 0 Å². The Bertz CT molecular complexity index is 907. The molecule has 8 heteroatoms. The number of halogens is 3. The van der Waals surface area contributed by atoms with Gasteiger partial charge in [-0.25, -0.2) is 8.78 Å². The maximum Gasteiger partial charge on any atom is 0.303 e. The molecule has 0 saturated heterocycles. The molecule has 3 saturated carbocycles. The van der Waals surface area contributed by atoms with Gasteiger partial charge in [0.1, 0.15) is 11.8 Å². The molecule has 0 aromatic carbocycles. The summed E-state index contributed by atoms with van der Waals surface area (Å²) in [5, 5.41) is 11.3. The first kappa shape index (κ1) is 24.0. The van der Waals surface area contributed by atoms with E-state index in [1.54, 1.807) is 20.8 Å². The zero-order valence-corrected chi connectivity index (χ0v) is 20.5. The summed E-state index contributed by atoms with van der Waals surface area (Å²) in [5.74, 6) is -2.92. The molecule has 3 unspecified atom stereocenters. The zero-order chi connectivity index (χ0) is 23.9. The smallest absolute Gasteiger partial charge is 0.303 e. The fourth-order valence-corrected chi connectivity index (χ4v) is 8.49. The standard InChI is InChI=1S/C24H31BrF2O5/c1-12-7-15-16-9-18(26)17-8-14(29)5-6-21(17,3)23(16,27)19(30)10-22(15,4)24(12,20(31)11-25)32-13(2)28/h8,12,15-16,18-19,30H,5-7,9-11H2,1-4H3/t12?,15-,16-,18?,19?,21-,22-,23-,24-/m0/s1. The Morgan fingerprint density at radius 1 is 1.28 bits per heavy atom. The van der Waals surface area contributed by atoms with Crippen molar-refractivity contribution in [1.29, 1.82) is 0 Å². The van der Waals surface area contributed by atoms with Crippen molar-refractivity contribution in [3.63, 3.8) is 0 Å². The maximum atomic E-state index is 17.2. The van der Waals surface area contributed by atoms with Crippen molar-refractivity contribution in [3.05, 3.63) is 11.6 Å². The van der Waals surface area contributed by atoms with Crippen molar-refractivity contribution < 1.29 is 33.0 Å². The molecule has 4 aliphatic carbocycles. The van der Waals surface area contributed by atoms with Crippen molar-refractivity contribution in [2.24, 2.45) is 28.6 Å². The van der Waals surface area contributed by atoms with Crippen LogP contribution in [-0.2, 0) is 19.1 Å². The number of esters is 1. The van der Waals surface area contributed by atoms with Crippen LogP contribution in [0.2, 0.25) is 0 Å². The Morgan fingerprint density at radius 3 is 2.53 bits per heavy atom. The number of carbonyl (C=O) groups is 3. The van der Waals surface area contributed by atoms with Gasteiger partial charge in [0.25, 0.3) is 0 Å². The summed E-state index contributed by atoms with van der Waals surface area (Å²) in [4.78, 5) is 37.4. The Kier molecular flexibility index (Phi) is 5.57. The molecule has 0 bridgehead atoms. The van der Waals surface area contributed by atoms with Crippen LogP contribution in [0, 0.1) is 28.6 Å². The summed E-state index contributed by atoms with van der Waals surface area (Å²) in [6.07, 6.45) is -1.40. The van der Waals surface area contributed by atoms with Gasteiger partial charge in [-0.2, -0.15) is 0 Å². The lowest BCUT2D eigenvalue weighted by molar-refractivity contribution is -0.237. The van der Waals surface area contributed by atoms with E-state index in [9.17, 15) is 19.5 Å². The Hall–Kier alpha value is -1.15. The van der Waals surface area contributed by atoms with Crippen molar-refractivity contribution in [3.8, 4) is 0 Å². The van der Waals surface area contributed by atoms with Crippen LogP contribution in [-0.4, -0.2) is 51.5 Å². The molecule has 0 heterocycles. The average molecular weight is 517 g/mol. The second-order valence-electron chi connectivity index (χ2n) is 10.7. The van der Waals surface area contributed by atoms with Gasteiger partial charge in [0.15, 0.2) is 17.2 Å². The predicted octanol–water partition coefficient (Wildman–Crippen LogP) is 4.04. The summed E-state index contributed by atoms with van der Waals surface area (Å²) in [6, 6.07) is 0. The average Bonchev–Trinajstić information content (AvgIpc) is 2.92. The number of carbonyl (C=O) groups excluding carboxylic acids is 3. The SMILES string of the molecule is CC(=O)O[C@]1(C(=O)CBr)C(C)C[C@H]2[C@@H]3CC(F)C4=CC(=O)CC[C@]4(C)[C@@]3(F)C(O)C[C@@]21C. The molecular weight excluding hydrogens is 486 g/mol. The monoisotopic (exact) mass is 516 g/mol. The van der Waals surface area contributed by atoms with Crippen molar-refractivity contribution in [1.82, 2.24) is 0 Å². The third-order valence-electron chi connectivity index (χ3n) is 9.41. The van der Waals surface area contributed by atoms with Gasteiger partial charge in [-0.1, -0.05) is 36.7 Å². The highest BCUT2D eigenvalue weighted by Gasteiger charge is 2.78. The lowest BCUT2D eigenvalue weighted by Gasteiger charge is -2.64. The molecule has 4 aliphatic rings. The number of ketones is 2. The molecule has 4 rings (SSSR count). The van der Waals surface area contributed by atoms with Gasteiger partial charge < -0.3 is 9.84 Å². The number of Topliss-reactive ketones (excluding diaryl/α,β-unsaturated/α-hetero) is 1. The van der Waals surface area contributed by atoms with Crippen LogP contribution in [0.15, 0.2) is 11.6 Å². The van der Waals surface area contributed by atoms with E-state index in [0.29, 0.717) is 6.42 Å². The van der Waals surface area contributed by atoms with Gasteiger partial charge in [0, 0.05) is 36.0 Å². The first-order valence-corrected chi connectivity index (χ1v) is 12.5. The number of fused-ring (bicyclic) bond motifs is 5. The van der Waals surface area contributed by atoms with Gasteiger partial charge in [-0.05, 0) is 43.3 Å². The lowest BCUT2D eigenvalue weighted by Crippen LogP contribution is -2.71. The first-order chi connectivity index (χ1) is 14.8. The van der Waals surface area contributed by atoms with Gasteiger partial charge in [0.2, 0.25) is 0 Å². The van der Waals surface area contributed by atoms with Gasteiger partial charge in [-0.3, -0.25) is 14.4 Å². The van der Waals surface area contributed by atoms with Crippen molar-refractivity contribution in [2.45, 2.75) is 83.3 Å². The molecule has 9 atom stereocenters. The highest BCUT2D eigenvalue weighted by Crippen LogP contribution is 2.72. The van der Waals surface area contributed by atoms with Crippen LogP contribution in [0.4, 0.5) is 8.78 Å². The van der Waals surface area contributed by atoms with Gasteiger partial charge in [-0.15, -0.1) is 0 Å². The van der Waals surface area contributed by atoms with Crippen LogP contribution >= 0.6 is 15.9 Å². The fraction of sp³-hybridized carbons (Fsp3) is 0.792. The number of aliphatic hydroxyl groups excluding tert-OH is 1. The molecule has 3 fully saturated rings. The third-order valence-corrected chi connectivity index (χ3v) is 9.91. The normalized spacial score (nSPS) is 50.1. The fourth-order valence-electron chi connectivity index (χ4n) is 8.07. The Morgan fingerprint density at radius 2 is 1.94 bits per heavy atom. The van der Waals surface area contributed by atoms with E-state index in [4.69, 9.17) is 4.74 Å². The second kappa shape index (κ2) is 7.42. The predicted molar refractivity (Wildman–Crippen MR) is 117 cm³/mol. The number of allylic oxidation sites excluding steroid dienone is 1. The highest BCUT2D eigenvalue weighted by molar-refractivity contribution is 9.09. The van der Waals surface area contributed by atoms with Crippen LogP contribution in [0.1, 0.15) is 59.8 Å². The molecule has 5 nitrogen and oxygen atoms in total. The quantitative estimate of drug-likeness (QED) is 0.452. The van der Waals surface area contributed by atoms with Crippen molar-refractivity contribution in [2.75, 3.05) is 5.33 Å². The number of hydrogen-bond acceptors (Lipinski definition) is 5. The molecule has 1 N–H and O–H groups in total. The van der Waals surface area contributed by atoms with E-state index in [2.05, 4.69) is 15.9 Å². The van der Waals surface area contributed by atoms with Crippen LogP contribution in [0.5, 0.6) is 0 Å². The molecule has 0 spiro atoms. The minimum absolute atomic E-state index is 0.0487. The van der Waals surface area contributed by atoms with Crippen LogP contribution in [0.3, 0.4) is 0 Å². The molecule has 0 amide bonds. The summed E-state index contributed by atoms with van der Waals surface area (Å²) in [6.45, 7) is 6.44. The largest absolute Gasteiger partial charge is 0.450 e. The first-order valence-electron chi connectivity index (χ1n) is 11.3. The van der Waals surface area contributed by atoms with E-state index in [-0.39, 0.29) is 48.2 Å². The Balaban J connectivity index is 1.88. The highest BCUT2D eigenvalue weighted by atomic mass is 79.9. The van der Waals surface area contributed by atoms with E-state index in [1.165, 1.54) is 13.0 Å². The molecule has 0 aliphatic heterocycles. The molecule has 178 valence electrons. The molecule has 0 aromatic rings. The lowest BCUT2D eigenvalue weighted by atomic mass is 9.43. The minimum Gasteiger partial charge on any atom is -0.450 e. The van der Waals surface area contributed by atoms with E-state index in [1.807, 2.05) is 0 Å². The molecule has 32 heavy (non-hydrogen) atoms. The zero-order valence-electron chi connectivity index (χ0n) is 18.9. The summed E-state index contributed by atoms with van der Waals surface area (Å²) in [7, 11) is 0. The number of ether oxygens (including phenoxy) is 1. The van der Waals surface area contributed by atoms with Gasteiger partial charge >= 0.3 is 5.97 Å². The number of hydrogen-bond donors (Lipinski definition) is 1. The third kappa shape index (κ3) is 2.71. The topological polar surface area (TPSA) is 80.7 Å². The van der Waals surface area contributed by atoms with E-state index >= 15 is 8.78 Å². The Labute approximate surface area is 195 Å². The number of alkyl halides is 3. The molecule has 0 radical (unpaired) electrons. The van der Waals surface area contributed by atoms with Gasteiger partial charge in [0.05, 0.1) is 11.4 Å². The molecular formula is C24H31BrF2O5. The summed E-state index contributed by atoms with van der Waals surface area (Å²) >= 11 is 3.21. The van der Waals surface area contributed by atoms with Crippen LogP contribution < -0.4 is 0 Å². The van der Waals surface area contributed by atoms with Crippen LogP contribution in [0.25, 0.3) is 0 Å². The summed E-state index contributed by atoms with van der Waals surface area (Å²) in [5.41, 5.74) is -5.89. The second-order valence-corrected chi connectivity index (χ2v) is 11.3. The van der Waals surface area contributed by atoms with Crippen molar-refractivity contribution >= 4 is 33.5 Å². The maximum absolute atomic E-state index is 17.2. The van der Waals surface area contributed by atoms with E-state index < -0.39 is 58.1 Å². The number of aliphatic hydroxyl groups is 1. The summed E-state index contributed by atoms with van der Waals surface area (Å²) < 4.78 is 38.4. The number of rotatable bonds is 3.